The highest BCUT2D eigenvalue weighted by Crippen LogP contribution is 2.63. The minimum absolute atomic E-state index is 0.461. The van der Waals surface area contributed by atoms with Gasteiger partial charge in [-0.2, -0.15) is 0 Å². The van der Waals surface area contributed by atoms with Gasteiger partial charge in [-0.05, 0) is 90.3 Å². The Hall–Kier alpha value is -7.36. The molecule has 3 heteroatoms. The summed E-state index contributed by atoms with van der Waals surface area (Å²) in [5.41, 5.74) is 15.4. The lowest BCUT2D eigenvalue weighted by Crippen LogP contribution is -2.25. The first-order valence-electron chi connectivity index (χ1n) is 19.2. The van der Waals surface area contributed by atoms with E-state index >= 15 is 0 Å². The molecule has 0 saturated carbocycles. The van der Waals surface area contributed by atoms with E-state index in [0.29, 0.717) is 5.82 Å². The number of fused-ring (bicyclic) bond motifs is 18. The fraction of sp³-hybridized carbons (Fsp3) is 0.0189. The highest BCUT2D eigenvalue weighted by Gasteiger charge is 2.51. The Morgan fingerprint density at radius 3 is 1.66 bits per heavy atom. The number of furan rings is 1. The van der Waals surface area contributed by atoms with E-state index in [4.69, 9.17) is 14.4 Å². The summed E-state index contributed by atoms with van der Waals surface area (Å²) in [5.74, 6) is 0.691. The Bertz CT molecular complexity index is 3430. The molecule has 11 aromatic rings. The number of benzene rings is 9. The second-order valence-corrected chi connectivity index (χ2v) is 15.2. The fourth-order valence-corrected chi connectivity index (χ4v) is 10.2. The van der Waals surface area contributed by atoms with Crippen molar-refractivity contribution >= 4 is 54.4 Å². The van der Waals surface area contributed by atoms with Gasteiger partial charge in [-0.1, -0.05) is 158 Å². The fourth-order valence-electron chi connectivity index (χ4n) is 10.2. The van der Waals surface area contributed by atoms with Crippen molar-refractivity contribution in [1.29, 1.82) is 0 Å². The maximum Gasteiger partial charge on any atom is 0.160 e. The minimum Gasteiger partial charge on any atom is -0.456 e. The summed E-state index contributed by atoms with van der Waals surface area (Å²) in [6.45, 7) is 0. The molecule has 0 unspecified atom stereocenters. The maximum atomic E-state index is 6.60. The molecule has 0 bridgehead atoms. The van der Waals surface area contributed by atoms with E-state index in [1.54, 1.807) is 0 Å². The molecule has 2 heterocycles. The highest BCUT2D eigenvalue weighted by molar-refractivity contribution is 6.26. The molecule has 9 aromatic carbocycles. The number of nitrogens with zero attached hydrogens (tertiary/aromatic N) is 2. The molecule has 0 radical (unpaired) electrons. The van der Waals surface area contributed by atoms with Crippen LogP contribution in [-0.4, -0.2) is 9.97 Å². The van der Waals surface area contributed by atoms with Crippen molar-refractivity contribution in [3.05, 3.63) is 204 Å². The van der Waals surface area contributed by atoms with Crippen LogP contribution in [0.15, 0.2) is 186 Å². The van der Waals surface area contributed by atoms with Gasteiger partial charge in [0.2, 0.25) is 0 Å². The molecule has 0 saturated heterocycles. The minimum atomic E-state index is -0.461. The molecule has 3 nitrogen and oxygen atoms in total. The summed E-state index contributed by atoms with van der Waals surface area (Å²) in [4.78, 5) is 11.1. The SMILES string of the molecule is c1ccc2c(c1)-c1ccccc1C21c2ccccc2-c2ccc(-c3nc(-c4cccc5ccccc45)c4ccc5oc6ccc7ccccc7c6c5c4n3)cc21. The molecule has 258 valence electrons. The van der Waals surface area contributed by atoms with Crippen LogP contribution < -0.4 is 0 Å². The van der Waals surface area contributed by atoms with Gasteiger partial charge in [0.25, 0.3) is 0 Å². The molecule has 2 aliphatic carbocycles. The van der Waals surface area contributed by atoms with Crippen LogP contribution in [0.1, 0.15) is 22.3 Å². The molecule has 0 aliphatic heterocycles. The van der Waals surface area contributed by atoms with Gasteiger partial charge < -0.3 is 4.42 Å². The van der Waals surface area contributed by atoms with Crippen molar-refractivity contribution in [3.63, 3.8) is 0 Å². The van der Waals surface area contributed by atoms with Crippen LogP contribution in [0.25, 0.3) is 99.3 Å². The largest absolute Gasteiger partial charge is 0.456 e. The first-order chi connectivity index (χ1) is 27.8. The normalized spacial score (nSPS) is 13.5. The van der Waals surface area contributed by atoms with E-state index in [2.05, 4.69) is 182 Å². The third-order valence-corrected chi connectivity index (χ3v) is 12.5. The van der Waals surface area contributed by atoms with Crippen LogP contribution in [0, 0.1) is 0 Å². The number of rotatable bonds is 2. The van der Waals surface area contributed by atoms with Gasteiger partial charge >= 0.3 is 0 Å². The lowest BCUT2D eigenvalue weighted by molar-refractivity contribution is 0.669. The predicted octanol–water partition coefficient (Wildman–Crippen LogP) is 13.5. The summed E-state index contributed by atoms with van der Waals surface area (Å²) in [7, 11) is 0. The van der Waals surface area contributed by atoms with Crippen LogP contribution in [0.5, 0.6) is 0 Å². The van der Waals surface area contributed by atoms with E-state index in [1.807, 2.05) is 0 Å². The standard InChI is InChI=1S/C53H30N2O/c1-3-15-34-31(12-1)14-11-20-40(34)50-41-27-29-47-49(48-35-16-4-2-13-32(35)25-28-46(48)56-47)51(41)55-52(54-50)33-24-26-39-38-19-7-10-23-44(38)53(45(39)30-33)42-21-8-5-17-36(42)37-18-6-9-22-43(37)53/h1-30H. The van der Waals surface area contributed by atoms with Gasteiger partial charge in [-0.25, -0.2) is 9.97 Å². The predicted molar refractivity (Wildman–Crippen MR) is 229 cm³/mol. The molecular weight excluding hydrogens is 681 g/mol. The number of aromatic nitrogens is 2. The monoisotopic (exact) mass is 710 g/mol. The van der Waals surface area contributed by atoms with Crippen molar-refractivity contribution in [3.8, 4) is 44.9 Å². The molecule has 2 aliphatic rings. The van der Waals surface area contributed by atoms with E-state index in [0.717, 1.165) is 60.4 Å². The van der Waals surface area contributed by atoms with Crippen LogP contribution in [0.2, 0.25) is 0 Å². The lowest BCUT2D eigenvalue weighted by atomic mass is 9.70. The van der Waals surface area contributed by atoms with E-state index in [1.165, 1.54) is 55.3 Å². The molecule has 0 fully saturated rings. The topological polar surface area (TPSA) is 38.9 Å². The van der Waals surface area contributed by atoms with Gasteiger partial charge in [0.1, 0.15) is 11.2 Å². The highest BCUT2D eigenvalue weighted by atomic mass is 16.3. The molecule has 0 amide bonds. The van der Waals surface area contributed by atoms with E-state index < -0.39 is 5.41 Å². The molecule has 1 spiro atoms. The zero-order valence-corrected chi connectivity index (χ0v) is 30.1. The Morgan fingerprint density at radius 1 is 0.375 bits per heavy atom. The summed E-state index contributed by atoms with van der Waals surface area (Å²) in [5, 5.41) is 7.75. The molecule has 56 heavy (non-hydrogen) atoms. The summed E-state index contributed by atoms with van der Waals surface area (Å²) < 4.78 is 6.60. The zero-order valence-electron chi connectivity index (χ0n) is 30.1. The van der Waals surface area contributed by atoms with Gasteiger partial charge in [0.15, 0.2) is 5.82 Å². The second-order valence-electron chi connectivity index (χ2n) is 15.2. The van der Waals surface area contributed by atoms with Gasteiger partial charge in [-0.15, -0.1) is 0 Å². The van der Waals surface area contributed by atoms with Crippen LogP contribution in [-0.2, 0) is 5.41 Å². The van der Waals surface area contributed by atoms with E-state index in [-0.39, 0.29) is 0 Å². The van der Waals surface area contributed by atoms with Crippen molar-refractivity contribution < 1.29 is 4.42 Å². The van der Waals surface area contributed by atoms with Gasteiger partial charge in [0, 0.05) is 21.9 Å². The van der Waals surface area contributed by atoms with Gasteiger partial charge in [0.05, 0.1) is 22.0 Å². The van der Waals surface area contributed by atoms with Crippen LogP contribution in [0.3, 0.4) is 0 Å². The molecular formula is C53H30N2O. The smallest absolute Gasteiger partial charge is 0.160 e. The maximum absolute atomic E-state index is 6.60. The average Bonchev–Trinajstić information content (AvgIpc) is 3.90. The number of hydrogen-bond donors (Lipinski definition) is 0. The Morgan fingerprint density at radius 2 is 0.929 bits per heavy atom. The Labute approximate surface area is 322 Å². The average molecular weight is 711 g/mol. The van der Waals surface area contributed by atoms with Crippen molar-refractivity contribution in [2.75, 3.05) is 0 Å². The molecule has 0 N–H and O–H groups in total. The first-order valence-corrected chi connectivity index (χ1v) is 19.2. The molecule has 2 aromatic heterocycles. The van der Waals surface area contributed by atoms with Crippen LogP contribution >= 0.6 is 0 Å². The molecule has 13 rings (SSSR count). The third kappa shape index (κ3) is 3.76. The van der Waals surface area contributed by atoms with E-state index in [9.17, 15) is 0 Å². The summed E-state index contributed by atoms with van der Waals surface area (Å²) >= 11 is 0. The zero-order chi connectivity index (χ0) is 36.5. The first kappa shape index (κ1) is 30.0. The van der Waals surface area contributed by atoms with Crippen molar-refractivity contribution in [1.82, 2.24) is 9.97 Å². The van der Waals surface area contributed by atoms with Crippen molar-refractivity contribution in [2.24, 2.45) is 0 Å². The Kier molecular flexibility index (Phi) is 5.83. The summed E-state index contributed by atoms with van der Waals surface area (Å²) in [6.07, 6.45) is 0. The Balaban J connectivity index is 1.16. The van der Waals surface area contributed by atoms with Gasteiger partial charge in [-0.3, -0.25) is 0 Å². The third-order valence-electron chi connectivity index (χ3n) is 12.5. The lowest BCUT2D eigenvalue weighted by Gasteiger charge is -2.30. The van der Waals surface area contributed by atoms with Crippen molar-refractivity contribution in [2.45, 2.75) is 5.41 Å². The number of hydrogen-bond acceptors (Lipinski definition) is 3. The summed E-state index contributed by atoms with van der Waals surface area (Å²) in [6, 6.07) is 65.8. The molecule has 0 atom stereocenters. The second kappa shape index (κ2) is 10.9. The van der Waals surface area contributed by atoms with Crippen LogP contribution in [0.4, 0.5) is 0 Å². The quantitative estimate of drug-likeness (QED) is 0.179.